The molecule has 0 saturated heterocycles. The first-order chi connectivity index (χ1) is 11.5. The minimum absolute atomic E-state index is 0. The molecule has 0 unspecified atom stereocenters. The van der Waals surface area contributed by atoms with E-state index in [-0.39, 0.29) is 30.0 Å². The molecule has 2 aromatic carbocycles. The SMILES string of the molecule is NC(=O)c1ccc(S(=O)(=O)[N-]S(=O)(=O)c2ccc(C(N)=O)cc2)cc1.[Li+]. The van der Waals surface area contributed by atoms with Crippen LogP contribution in [0.5, 0.6) is 0 Å². The second-order valence-electron chi connectivity index (χ2n) is 4.80. The van der Waals surface area contributed by atoms with Crippen molar-refractivity contribution in [2.45, 2.75) is 9.79 Å². The van der Waals surface area contributed by atoms with E-state index in [1.807, 2.05) is 0 Å². The molecule has 0 aromatic heterocycles. The van der Waals surface area contributed by atoms with Gasteiger partial charge in [0, 0.05) is 20.9 Å². The Labute approximate surface area is 162 Å². The zero-order valence-electron chi connectivity index (χ0n) is 13.5. The molecule has 0 spiro atoms. The molecule has 4 N–H and O–H groups in total. The van der Waals surface area contributed by atoms with Gasteiger partial charge in [-0.05, 0) is 48.5 Å². The first-order valence-electron chi connectivity index (χ1n) is 6.57. The summed E-state index contributed by atoms with van der Waals surface area (Å²) in [4.78, 5) is 21.1. The number of rotatable bonds is 6. The van der Waals surface area contributed by atoms with Crippen LogP contribution in [0, 0.1) is 0 Å². The third-order valence-corrected chi connectivity index (χ3v) is 6.38. The van der Waals surface area contributed by atoms with Gasteiger partial charge in [0.1, 0.15) is 20.0 Å². The van der Waals surface area contributed by atoms with Crippen LogP contribution in [-0.4, -0.2) is 28.6 Å². The molecule has 0 aliphatic carbocycles. The molecule has 2 aromatic rings. The molecule has 2 amide bonds. The van der Waals surface area contributed by atoms with Crippen molar-refractivity contribution < 1.29 is 45.3 Å². The zero-order valence-corrected chi connectivity index (χ0v) is 15.1. The Hall–Kier alpha value is -2.16. The van der Waals surface area contributed by atoms with Crippen LogP contribution in [0.15, 0.2) is 58.3 Å². The van der Waals surface area contributed by atoms with Gasteiger partial charge in [-0.1, -0.05) is 0 Å². The van der Waals surface area contributed by atoms with Gasteiger partial charge in [-0.25, -0.2) is 16.8 Å². The van der Waals surface area contributed by atoms with E-state index in [0.29, 0.717) is 0 Å². The van der Waals surface area contributed by atoms with Gasteiger partial charge in [-0.15, -0.1) is 0 Å². The number of nitrogens with zero attached hydrogens (tertiary/aromatic N) is 1. The van der Waals surface area contributed by atoms with Crippen molar-refractivity contribution in [1.82, 2.24) is 0 Å². The van der Waals surface area contributed by atoms with Crippen LogP contribution in [-0.2, 0) is 20.0 Å². The van der Waals surface area contributed by atoms with Gasteiger partial charge in [-0.3, -0.25) is 9.59 Å². The maximum Gasteiger partial charge on any atom is 1.00 e. The molecule has 12 heteroatoms. The third kappa shape index (κ3) is 4.93. The minimum atomic E-state index is -4.54. The maximum atomic E-state index is 12.1. The van der Waals surface area contributed by atoms with Crippen LogP contribution in [0.4, 0.5) is 0 Å². The van der Waals surface area contributed by atoms with Gasteiger partial charge in [0.2, 0.25) is 11.8 Å². The third-order valence-electron chi connectivity index (χ3n) is 3.07. The fraction of sp³-hybridized carbons (Fsp3) is 0. The number of benzene rings is 2. The number of hydrogen-bond donors (Lipinski definition) is 2. The van der Waals surface area contributed by atoms with Crippen molar-refractivity contribution in [1.29, 1.82) is 0 Å². The molecule has 0 saturated carbocycles. The number of hydrogen-bond acceptors (Lipinski definition) is 6. The molecule has 0 fully saturated rings. The van der Waals surface area contributed by atoms with E-state index >= 15 is 0 Å². The van der Waals surface area contributed by atoms with E-state index in [4.69, 9.17) is 11.5 Å². The van der Waals surface area contributed by atoms with Gasteiger partial charge in [0.25, 0.3) is 0 Å². The first-order valence-corrected chi connectivity index (χ1v) is 9.45. The molecule has 0 heterocycles. The van der Waals surface area contributed by atoms with Crippen molar-refractivity contribution in [2.75, 3.05) is 0 Å². The summed E-state index contributed by atoms with van der Waals surface area (Å²) < 4.78 is 51.5. The predicted octanol–water partition coefficient (Wildman–Crippen LogP) is -2.66. The molecule has 0 aliphatic rings. The quantitative estimate of drug-likeness (QED) is 0.511. The average molecular weight is 389 g/mol. The largest absolute Gasteiger partial charge is 1.00 e. The van der Waals surface area contributed by atoms with E-state index in [9.17, 15) is 26.4 Å². The van der Waals surface area contributed by atoms with Crippen LogP contribution in [0.2, 0.25) is 0 Å². The van der Waals surface area contributed by atoms with Gasteiger partial charge in [0.05, 0.1) is 0 Å². The van der Waals surface area contributed by atoms with E-state index in [2.05, 4.69) is 4.13 Å². The van der Waals surface area contributed by atoms with Crippen molar-refractivity contribution in [3.8, 4) is 0 Å². The summed E-state index contributed by atoms with van der Waals surface area (Å²) in [5.41, 5.74) is 10.2. The van der Waals surface area contributed by atoms with Crippen LogP contribution in [0.3, 0.4) is 0 Å². The Kier molecular flexibility index (Phi) is 6.75. The molecule has 26 heavy (non-hydrogen) atoms. The topological polar surface area (TPSA) is 169 Å². The number of carbonyl (C=O) groups excluding carboxylic acids is 2. The molecular weight excluding hydrogens is 377 g/mol. The van der Waals surface area contributed by atoms with Crippen LogP contribution >= 0.6 is 0 Å². The second kappa shape index (κ2) is 8.03. The standard InChI is InChI=1S/C14H12N3O6S2.Li/c15-13(18)9-1-5-11(6-2-9)24(20,21)17-25(22,23)12-7-3-10(4-8-12)14(16)19;/h1-8H,(H2,15,18)(H2,16,19);/q-1;+1. The van der Waals surface area contributed by atoms with Crippen LogP contribution in [0.1, 0.15) is 20.7 Å². The van der Waals surface area contributed by atoms with E-state index in [0.717, 1.165) is 48.5 Å². The van der Waals surface area contributed by atoms with Gasteiger partial charge < -0.3 is 15.6 Å². The summed E-state index contributed by atoms with van der Waals surface area (Å²) in [7, 11) is -9.08. The van der Waals surface area contributed by atoms with Crippen LogP contribution in [0.25, 0.3) is 4.13 Å². The van der Waals surface area contributed by atoms with Crippen molar-refractivity contribution in [2.24, 2.45) is 11.5 Å². The molecule has 0 atom stereocenters. The van der Waals surface area contributed by atoms with E-state index in [1.54, 1.807) is 0 Å². The first kappa shape index (κ1) is 21.9. The number of sulfonamides is 2. The summed E-state index contributed by atoms with van der Waals surface area (Å²) >= 11 is 0. The monoisotopic (exact) mass is 389 g/mol. The maximum absolute atomic E-state index is 12.1. The van der Waals surface area contributed by atoms with Gasteiger partial charge in [0.15, 0.2) is 0 Å². The average Bonchev–Trinajstić information content (AvgIpc) is 2.54. The fourth-order valence-electron chi connectivity index (χ4n) is 1.80. The fourth-order valence-corrected chi connectivity index (χ4v) is 4.48. The molecular formula is C14H12LiN3O6S2. The second-order valence-corrected chi connectivity index (χ2v) is 8.24. The van der Waals surface area contributed by atoms with Crippen molar-refractivity contribution in [3.63, 3.8) is 0 Å². The van der Waals surface area contributed by atoms with E-state index < -0.39 is 41.7 Å². The zero-order chi connectivity index (χ0) is 18.8. The summed E-state index contributed by atoms with van der Waals surface area (Å²) in [6, 6.07) is 8.63. The van der Waals surface area contributed by atoms with E-state index in [1.165, 1.54) is 0 Å². The predicted molar refractivity (Wildman–Crippen MR) is 87.7 cm³/mol. The van der Waals surface area contributed by atoms with Crippen molar-refractivity contribution >= 4 is 31.9 Å². The summed E-state index contributed by atoms with van der Waals surface area (Å²) in [6.07, 6.45) is 0. The molecule has 9 nitrogen and oxygen atoms in total. The Morgan fingerprint density at radius 3 is 1.15 bits per heavy atom. The molecule has 0 aliphatic heterocycles. The Morgan fingerprint density at radius 1 is 0.654 bits per heavy atom. The Morgan fingerprint density at radius 2 is 0.923 bits per heavy atom. The summed E-state index contributed by atoms with van der Waals surface area (Å²) in [5, 5.41) is 0. The number of primary amides is 2. The number of nitrogens with two attached hydrogens (primary N) is 2. The smallest absolute Gasteiger partial charge is 0.428 e. The number of amides is 2. The normalized spacial score (nSPS) is 11.4. The summed E-state index contributed by atoms with van der Waals surface area (Å²) in [6.45, 7) is 0. The molecule has 132 valence electrons. The van der Waals surface area contributed by atoms with Gasteiger partial charge >= 0.3 is 18.9 Å². The Balaban J connectivity index is 0.00000338. The molecule has 2 rings (SSSR count). The van der Waals surface area contributed by atoms with Gasteiger partial charge in [-0.2, -0.15) is 0 Å². The Bertz CT molecular complexity index is 948. The minimum Gasteiger partial charge on any atom is -0.428 e. The molecule has 0 bridgehead atoms. The van der Waals surface area contributed by atoms with Crippen molar-refractivity contribution in [3.05, 3.63) is 63.8 Å². The van der Waals surface area contributed by atoms with Crippen LogP contribution < -0.4 is 30.3 Å². The summed E-state index contributed by atoms with van der Waals surface area (Å²) in [5.74, 6) is -1.52. The molecule has 0 radical (unpaired) electrons. The number of carbonyl (C=O) groups is 2.